The van der Waals surface area contributed by atoms with Crippen molar-refractivity contribution in [1.29, 1.82) is 0 Å². The van der Waals surface area contributed by atoms with Crippen molar-refractivity contribution in [3.63, 3.8) is 0 Å². The third-order valence-electron chi connectivity index (χ3n) is 4.40. The molecule has 0 saturated heterocycles. The second-order valence-electron chi connectivity index (χ2n) is 7.10. The lowest BCUT2D eigenvalue weighted by molar-refractivity contribution is -0.127. The quantitative estimate of drug-likeness (QED) is 0.798. The standard InChI is InChI=1S/C22H29NO2/c1-14(2)20-12-9-16(4)13-21(20)25-18(6)22(24)23-17(5)19-10-7-15(3)8-11-19/h7-14,17-18H,1-6H3,(H,23,24). The van der Waals surface area contributed by atoms with E-state index in [0.717, 1.165) is 22.4 Å². The zero-order valence-corrected chi connectivity index (χ0v) is 16.1. The highest BCUT2D eigenvalue weighted by Crippen LogP contribution is 2.28. The minimum atomic E-state index is -0.549. The normalized spacial score (nSPS) is 13.4. The molecule has 25 heavy (non-hydrogen) atoms. The van der Waals surface area contributed by atoms with Gasteiger partial charge in [-0.3, -0.25) is 4.79 Å². The van der Waals surface area contributed by atoms with Crippen molar-refractivity contribution in [2.45, 2.75) is 59.6 Å². The molecule has 134 valence electrons. The van der Waals surface area contributed by atoms with Crippen LogP contribution in [-0.4, -0.2) is 12.0 Å². The molecule has 1 N–H and O–H groups in total. The van der Waals surface area contributed by atoms with Crippen LogP contribution in [0.5, 0.6) is 5.75 Å². The highest BCUT2D eigenvalue weighted by molar-refractivity contribution is 5.81. The summed E-state index contributed by atoms with van der Waals surface area (Å²) in [4.78, 5) is 12.5. The first kappa shape index (κ1) is 19.0. The zero-order valence-electron chi connectivity index (χ0n) is 16.1. The van der Waals surface area contributed by atoms with E-state index in [0.29, 0.717) is 5.92 Å². The van der Waals surface area contributed by atoms with Crippen LogP contribution in [0.4, 0.5) is 0 Å². The third-order valence-corrected chi connectivity index (χ3v) is 4.40. The summed E-state index contributed by atoms with van der Waals surface area (Å²) >= 11 is 0. The van der Waals surface area contributed by atoms with Gasteiger partial charge in [0.15, 0.2) is 6.10 Å². The largest absolute Gasteiger partial charge is 0.481 e. The molecular weight excluding hydrogens is 310 g/mol. The van der Waals surface area contributed by atoms with Gasteiger partial charge in [0.1, 0.15) is 5.75 Å². The number of rotatable bonds is 6. The molecule has 0 saturated carbocycles. The van der Waals surface area contributed by atoms with E-state index in [1.54, 1.807) is 6.92 Å². The van der Waals surface area contributed by atoms with Gasteiger partial charge in [-0.15, -0.1) is 0 Å². The van der Waals surface area contributed by atoms with Crippen LogP contribution < -0.4 is 10.1 Å². The van der Waals surface area contributed by atoms with Gasteiger partial charge in [0.2, 0.25) is 0 Å². The van der Waals surface area contributed by atoms with E-state index in [9.17, 15) is 4.79 Å². The molecular formula is C22H29NO2. The average molecular weight is 339 g/mol. The van der Waals surface area contributed by atoms with Gasteiger partial charge in [0.25, 0.3) is 5.91 Å². The van der Waals surface area contributed by atoms with Crippen LogP contribution in [0.3, 0.4) is 0 Å². The van der Waals surface area contributed by atoms with E-state index in [4.69, 9.17) is 4.74 Å². The summed E-state index contributed by atoms with van der Waals surface area (Å²) < 4.78 is 5.99. The molecule has 1 amide bonds. The molecule has 0 heterocycles. The fourth-order valence-corrected chi connectivity index (χ4v) is 2.73. The van der Waals surface area contributed by atoms with Crippen molar-refractivity contribution < 1.29 is 9.53 Å². The van der Waals surface area contributed by atoms with Crippen LogP contribution >= 0.6 is 0 Å². The molecule has 2 atom stereocenters. The minimum Gasteiger partial charge on any atom is -0.481 e. The first-order valence-electron chi connectivity index (χ1n) is 8.92. The SMILES string of the molecule is Cc1ccc(C(C)NC(=O)C(C)Oc2cc(C)ccc2C(C)C)cc1. The Balaban J connectivity index is 2.05. The summed E-state index contributed by atoms with van der Waals surface area (Å²) in [7, 11) is 0. The third kappa shape index (κ3) is 5.09. The Morgan fingerprint density at radius 2 is 1.52 bits per heavy atom. The summed E-state index contributed by atoms with van der Waals surface area (Å²) in [5.41, 5.74) is 4.54. The van der Waals surface area contributed by atoms with Gasteiger partial charge in [0, 0.05) is 0 Å². The molecule has 2 aromatic carbocycles. The molecule has 0 bridgehead atoms. The molecule has 2 unspecified atom stereocenters. The Labute approximate surface area is 151 Å². The topological polar surface area (TPSA) is 38.3 Å². The molecule has 0 spiro atoms. The van der Waals surface area contributed by atoms with Crippen LogP contribution in [0.1, 0.15) is 61.9 Å². The Kier molecular flexibility index (Phi) is 6.24. The van der Waals surface area contributed by atoms with E-state index in [1.807, 2.05) is 32.0 Å². The van der Waals surface area contributed by atoms with E-state index in [-0.39, 0.29) is 11.9 Å². The van der Waals surface area contributed by atoms with Crippen LogP contribution in [0, 0.1) is 13.8 Å². The molecule has 3 heteroatoms. The monoisotopic (exact) mass is 339 g/mol. The van der Waals surface area contributed by atoms with Gasteiger partial charge in [-0.1, -0.05) is 55.8 Å². The van der Waals surface area contributed by atoms with Crippen molar-refractivity contribution in [2.75, 3.05) is 0 Å². The maximum absolute atomic E-state index is 12.5. The van der Waals surface area contributed by atoms with Crippen molar-refractivity contribution >= 4 is 5.91 Å². The van der Waals surface area contributed by atoms with Gasteiger partial charge < -0.3 is 10.1 Å². The first-order chi connectivity index (χ1) is 11.8. The smallest absolute Gasteiger partial charge is 0.261 e. The van der Waals surface area contributed by atoms with Crippen molar-refractivity contribution in [2.24, 2.45) is 0 Å². The van der Waals surface area contributed by atoms with Crippen LogP contribution in [0.2, 0.25) is 0 Å². The fourth-order valence-electron chi connectivity index (χ4n) is 2.73. The van der Waals surface area contributed by atoms with E-state index >= 15 is 0 Å². The molecule has 0 aromatic heterocycles. The van der Waals surface area contributed by atoms with Crippen molar-refractivity contribution in [3.8, 4) is 5.75 Å². The zero-order chi connectivity index (χ0) is 18.6. The number of benzene rings is 2. The van der Waals surface area contributed by atoms with Crippen molar-refractivity contribution in [1.82, 2.24) is 5.32 Å². The Hall–Kier alpha value is -2.29. The number of ether oxygens (including phenoxy) is 1. The van der Waals surface area contributed by atoms with Gasteiger partial charge in [0.05, 0.1) is 6.04 Å². The summed E-state index contributed by atoms with van der Waals surface area (Å²) in [5.74, 6) is 1.03. The predicted molar refractivity (Wildman–Crippen MR) is 103 cm³/mol. The Bertz CT molecular complexity index is 719. The van der Waals surface area contributed by atoms with Gasteiger partial charge in [-0.2, -0.15) is 0 Å². The van der Waals surface area contributed by atoms with Gasteiger partial charge >= 0.3 is 0 Å². The molecule has 0 radical (unpaired) electrons. The fraction of sp³-hybridized carbons (Fsp3) is 0.409. The minimum absolute atomic E-state index is 0.0544. The highest BCUT2D eigenvalue weighted by atomic mass is 16.5. The van der Waals surface area contributed by atoms with Crippen LogP contribution in [0.15, 0.2) is 42.5 Å². The number of hydrogen-bond donors (Lipinski definition) is 1. The molecule has 3 nitrogen and oxygen atoms in total. The molecule has 2 rings (SSSR count). The molecule has 0 aliphatic carbocycles. The maximum Gasteiger partial charge on any atom is 0.261 e. The van der Waals surface area contributed by atoms with E-state index in [2.05, 4.69) is 50.4 Å². The Morgan fingerprint density at radius 1 is 0.920 bits per heavy atom. The molecule has 0 aliphatic heterocycles. The number of nitrogens with one attached hydrogen (secondary N) is 1. The maximum atomic E-state index is 12.5. The number of hydrogen-bond acceptors (Lipinski definition) is 2. The lowest BCUT2D eigenvalue weighted by atomic mass is 10.0. The summed E-state index contributed by atoms with van der Waals surface area (Å²) in [5, 5.41) is 3.04. The summed E-state index contributed by atoms with van der Waals surface area (Å²) in [6.07, 6.45) is -0.549. The molecule has 0 fully saturated rings. The number of carbonyl (C=O) groups is 1. The van der Waals surface area contributed by atoms with E-state index in [1.165, 1.54) is 5.56 Å². The van der Waals surface area contributed by atoms with Crippen LogP contribution in [-0.2, 0) is 4.79 Å². The van der Waals surface area contributed by atoms with Crippen LogP contribution in [0.25, 0.3) is 0 Å². The predicted octanol–water partition coefficient (Wildman–Crippen LogP) is 5.07. The number of amides is 1. The van der Waals surface area contributed by atoms with Gasteiger partial charge in [-0.25, -0.2) is 0 Å². The lowest BCUT2D eigenvalue weighted by Gasteiger charge is -2.21. The van der Waals surface area contributed by atoms with Gasteiger partial charge in [-0.05, 0) is 56.4 Å². The molecule has 0 aliphatic rings. The second-order valence-corrected chi connectivity index (χ2v) is 7.10. The second kappa shape index (κ2) is 8.19. The molecule has 2 aromatic rings. The summed E-state index contributed by atoms with van der Waals surface area (Å²) in [6, 6.07) is 14.3. The van der Waals surface area contributed by atoms with Crippen molar-refractivity contribution in [3.05, 3.63) is 64.7 Å². The lowest BCUT2D eigenvalue weighted by Crippen LogP contribution is -2.38. The number of carbonyl (C=O) groups excluding carboxylic acids is 1. The summed E-state index contributed by atoms with van der Waals surface area (Å²) in [6.45, 7) is 12.1. The average Bonchev–Trinajstić information content (AvgIpc) is 2.55. The first-order valence-corrected chi connectivity index (χ1v) is 8.92. The highest BCUT2D eigenvalue weighted by Gasteiger charge is 2.19. The Morgan fingerprint density at radius 3 is 2.12 bits per heavy atom. The van der Waals surface area contributed by atoms with E-state index < -0.39 is 6.10 Å². The number of aryl methyl sites for hydroxylation is 2.